The number of nitrogens with zero attached hydrogens (tertiary/aromatic N) is 1. The van der Waals surface area contributed by atoms with Crippen molar-refractivity contribution in [3.8, 4) is 0 Å². The van der Waals surface area contributed by atoms with Crippen LogP contribution in [0.25, 0.3) is 5.32 Å². The molecule has 1 N–H and O–H groups in total. The first-order valence-electron chi connectivity index (χ1n) is 2.54. The van der Waals surface area contributed by atoms with Crippen LogP contribution in [0.3, 0.4) is 0 Å². The number of aliphatic hydroxyl groups excluding tert-OH is 1. The Balaban J connectivity index is 0. The van der Waals surface area contributed by atoms with Crippen molar-refractivity contribution in [3.05, 3.63) is 5.32 Å². The van der Waals surface area contributed by atoms with Gasteiger partial charge in [-0.05, 0) is 12.8 Å². The van der Waals surface area contributed by atoms with E-state index in [1.165, 1.54) is 7.05 Å². The molecule has 0 heterocycles. The average Bonchev–Trinajstić information content (AvgIpc) is 1.83. The Morgan fingerprint density at radius 2 is 2.22 bits per heavy atom. The van der Waals surface area contributed by atoms with Crippen LogP contribution in [0.15, 0.2) is 0 Å². The molecule has 0 saturated carbocycles. The summed E-state index contributed by atoms with van der Waals surface area (Å²) in [6, 6.07) is 0. The molecule has 0 aliphatic carbocycles. The van der Waals surface area contributed by atoms with Gasteiger partial charge in [0.2, 0.25) is 0 Å². The van der Waals surface area contributed by atoms with Crippen LogP contribution in [0, 0.1) is 0 Å². The molecule has 9 heavy (non-hydrogen) atoms. The predicted molar refractivity (Wildman–Crippen MR) is 30.6 cm³/mol. The fourth-order valence-corrected chi connectivity index (χ4v) is 0.342. The quantitative estimate of drug-likeness (QED) is 0.451. The van der Waals surface area contributed by atoms with Gasteiger partial charge in [0, 0.05) is 6.61 Å². The van der Waals surface area contributed by atoms with Crippen molar-refractivity contribution < 1.29 is 61.3 Å². The van der Waals surface area contributed by atoms with Gasteiger partial charge in [0.15, 0.2) is 0 Å². The van der Waals surface area contributed by atoms with E-state index in [1.807, 2.05) is 0 Å². The molecular formula is C5H10KNO2. The number of aliphatic hydroxyl groups is 1. The monoisotopic (exact) mass is 155 g/mol. The number of hydrogen-bond donors (Lipinski definition) is 1. The van der Waals surface area contributed by atoms with Crippen LogP contribution >= 0.6 is 0 Å². The molecule has 0 fully saturated rings. The number of carbonyl (C=O) groups excluding carboxylic acids is 1. The van der Waals surface area contributed by atoms with E-state index < -0.39 is 0 Å². The molecule has 0 aromatic rings. The van der Waals surface area contributed by atoms with E-state index in [1.54, 1.807) is 0 Å². The van der Waals surface area contributed by atoms with E-state index in [0.29, 0.717) is 12.8 Å². The molecule has 0 spiro atoms. The third-order valence-corrected chi connectivity index (χ3v) is 0.798. The van der Waals surface area contributed by atoms with Gasteiger partial charge in [-0.25, -0.2) is 0 Å². The van der Waals surface area contributed by atoms with Crippen LogP contribution in [-0.2, 0) is 4.79 Å². The van der Waals surface area contributed by atoms with Crippen molar-refractivity contribution in [2.75, 3.05) is 13.7 Å². The predicted octanol–water partition coefficient (Wildman–Crippen LogP) is -2.71. The van der Waals surface area contributed by atoms with Gasteiger partial charge in [-0.3, -0.25) is 0 Å². The molecule has 0 aliphatic rings. The van der Waals surface area contributed by atoms with Crippen LogP contribution in [0.1, 0.15) is 12.8 Å². The third-order valence-electron chi connectivity index (χ3n) is 0.798. The molecule has 1 amide bonds. The molecule has 0 unspecified atom stereocenters. The van der Waals surface area contributed by atoms with Gasteiger partial charge in [0.25, 0.3) is 0 Å². The number of rotatable bonds is 3. The van der Waals surface area contributed by atoms with E-state index in [4.69, 9.17) is 5.11 Å². The second-order valence-electron chi connectivity index (χ2n) is 1.44. The van der Waals surface area contributed by atoms with Crippen molar-refractivity contribution in [2.45, 2.75) is 12.8 Å². The first-order valence-corrected chi connectivity index (χ1v) is 2.54. The molecule has 0 bridgehead atoms. The Hall–Kier alpha value is 1.07. The van der Waals surface area contributed by atoms with Gasteiger partial charge in [-0.2, -0.15) is 0 Å². The Labute approximate surface area is 97.6 Å². The first-order chi connectivity index (χ1) is 3.81. The zero-order valence-electron chi connectivity index (χ0n) is 5.92. The Kier molecular flexibility index (Phi) is 12.8. The molecule has 4 heteroatoms. The van der Waals surface area contributed by atoms with Gasteiger partial charge >= 0.3 is 51.4 Å². The van der Waals surface area contributed by atoms with Crippen molar-refractivity contribution in [1.29, 1.82) is 0 Å². The zero-order valence-corrected chi connectivity index (χ0v) is 9.05. The van der Waals surface area contributed by atoms with Crippen molar-refractivity contribution in [1.82, 2.24) is 0 Å². The second kappa shape index (κ2) is 9.07. The van der Waals surface area contributed by atoms with Crippen LogP contribution < -0.4 is 51.4 Å². The molecule has 48 valence electrons. The normalized spacial score (nSPS) is 7.78. The minimum atomic E-state index is -0.140. The number of carbonyl (C=O) groups is 1. The van der Waals surface area contributed by atoms with E-state index in [9.17, 15) is 4.79 Å². The van der Waals surface area contributed by atoms with Crippen molar-refractivity contribution in [3.63, 3.8) is 0 Å². The average molecular weight is 155 g/mol. The van der Waals surface area contributed by atoms with Crippen LogP contribution in [0.5, 0.6) is 0 Å². The van der Waals surface area contributed by atoms with Crippen LogP contribution in [0.4, 0.5) is 0 Å². The van der Waals surface area contributed by atoms with E-state index >= 15 is 0 Å². The van der Waals surface area contributed by atoms with Crippen molar-refractivity contribution in [2.24, 2.45) is 0 Å². The minimum absolute atomic E-state index is 0. The Morgan fingerprint density at radius 1 is 1.67 bits per heavy atom. The summed E-state index contributed by atoms with van der Waals surface area (Å²) in [6.45, 7) is 0.0707. The van der Waals surface area contributed by atoms with Gasteiger partial charge in [-0.1, -0.05) is 0 Å². The summed E-state index contributed by atoms with van der Waals surface area (Å²) in [5, 5.41) is 11.6. The standard InChI is InChI=1S/C5H11NO2.K/c1-6-5(8)3-2-4-7;/h7H,2-4H2,1H3,(H,6,8);/q;+1/p-1. The Morgan fingerprint density at radius 3 is 2.56 bits per heavy atom. The Bertz CT molecular complexity index is 77.4. The summed E-state index contributed by atoms with van der Waals surface area (Å²) >= 11 is 0. The smallest absolute Gasteiger partial charge is 0.656 e. The number of hydrogen-bond acceptors (Lipinski definition) is 2. The third kappa shape index (κ3) is 9.07. The van der Waals surface area contributed by atoms with Crippen LogP contribution in [-0.4, -0.2) is 24.7 Å². The summed E-state index contributed by atoms with van der Waals surface area (Å²) in [6.07, 6.45) is 0.892. The summed E-state index contributed by atoms with van der Waals surface area (Å²) in [7, 11) is 1.46. The van der Waals surface area contributed by atoms with E-state index in [-0.39, 0.29) is 63.9 Å². The zero-order chi connectivity index (χ0) is 6.41. The van der Waals surface area contributed by atoms with Gasteiger partial charge in [0.05, 0.1) is 5.91 Å². The van der Waals surface area contributed by atoms with Crippen LogP contribution in [0.2, 0.25) is 0 Å². The maximum atomic E-state index is 10.3. The SMILES string of the molecule is C[N-]C(=O)CCCO.[K+]. The van der Waals surface area contributed by atoms with Crippen molar-refractivity contribution >= 4 is 5.91 Å². The van der Waals surface area contributed by atoms with E-state index in [0.717, 1.165) is 0 Å². The molecular weight excluding hydrogens is 145 g/mol. The molecule has 0 atom stereocenters. The molecule has 0 aromatic heterocycles. The second-order valence-corrected chi connectivity index (χ2v) is 1.44. The summed E-state index contributed by atoms with van der Waals surface area (Å²) in [4.78, 5) is 10.3. The topological polar surface area (TPSA) is 51.4 Å². The van der Waals surface area contributed by atoms with Gasteiger partial charge in [0.1, 0.15) is 0 Å². The summed E-state index contributed by atoms with van der Waals surface area (Å²) < 4.78 is 0. The maximum absolute atomic E-state index is 10.3. The van der Waals surface area contributed by atoms with E-state index in [2.05, 4.69) is 5.32 Å². The summed E-state index contributed by atoms with van der Waals surface area (Å²) in [5.41, 5.74) is 0. The fraction of sp³-hybridized carbons (Fsp3) is 0.800. The fourth-order valence-electron chi connectivity index (χ4n) is 0.342. The molecule has 0 saturated heterocycles. The molecule has 0 aromatic carbocycles. The molecule has 0 radical (unpaired) electrons. The molecule has 0 rings (SSSR count). The minimum Gasteiger partial charge on any atom is -0.656 e. The summed E-state index contributed by atoms with van der Waals surface area (Å²) in [5.74, 6) is -0.140. The largest absolute Gasteiger partial charge is 1.00 e. The molecule has 0 aliphatic heterocycles. The van der Waals surface area contributed by atoms with Gasteiger partial charge in [-0.15, -0.1) is 7.05 Å². The maximum Gasteiger partial charge on any atom is 1.00 e. The van der Waals surface area contributed by atoms with Gasteiger partial charge < -0.3 is 15.2 Å². The first kappa shape index (κ1) is 12.7. The molecule has 3 nitrogen and oxygen atoms in total. The number of amides is 1.